The Bertz CT molecular complexity index is 731. The number of pyridine rings is 1. The predicted molar refractivity (Wildman–Crippen MR) is 105 cm³/mol. The molecule has 2 aliphatic rings. The fourth-order valence-electron chi connectivity index (χ4n) is 4.30. The maximum atomic E-state index is 13.1. The summed E-state index contributed by atoms with van der Waals surface area (Å²) in [5.74, 6) is 0.221. The average Bonchev–Trinajstić information content (AvgIpc) is 3.18. The van der Waals surface area contributed by atoms with E-state index in [1.165, 1.54) is 19.3 Å². The Morgan fingerprint density at radius 2 is 2.04 bits per heavy atom. The van der Waals surface area contributed by atoms with Crippen LogP contribution in [0.5, 0.6) is 0 Å². The summed E-state index contributed by atoms with van der Waals surface area (Å²) in [6.07, 6.45) is 11.3. The molecule has 4 rings (SSSR count). The first-order valence-electron chi connectivity index (χ1n) is 10.3. The van der Waals surface area contributed by atoms with Gasteiger partial charge in [0, 0.05) is 50.0 Å². The lowest BCUT2D eigenvalue weighted by Gasteiger charge is -2.35. The molecule has 1 saturated carbocycles. The van der Waals surface area contributed by atoms with Gasteiger partial charge in [0.2, 0.25) is 5.91 Å². The molecule has 2 aromatic heterocycles. The average molecular weight is 383 g/mol. The van der Waals surface area contributed by atoms with Gasteiger partial charge in [-0.15, -0.1) is 0 Å². The van der Waals surface area contributed by atoms with Crippen LogP contribution in [-0.4, -0.2) is 62.7 Å². The van der Waals surface area contributed by atoms with Crippen LogP contribution in [-0.2, 0) is 22.7 Å². The second kappa shape index (κ2) is 9.30. The zero-order valence-corrected chi connectivity index (χ0v) is 16.3. The third-order valence-corrected chi connectivity index (χ3v) is 5.72. The van der Waals surface area contributed by atoms with E-state index in [0.717, 1.165) is 30.6 Å². The van der Waals surface area contributed by atoms with Crippen LogP contribution in [0.4, 0.5) is 0 Å². The summed E-state index contributed by atoms with van der Waals surface area (Å²) in [5, 5.41) is 7.03. The molecule has 2 aromatic rings. The normalized spacial score (nSPS) is 22.4. The van der Waals surface area contributed by atoms with Gasteiger partial charge in [0.15, 0.2) is 0 Å². The van der Waals surface area contributed by atoms with E-state index in [1.807, 2.05) is 24.4 Å². The number of nitrogens with zero attached hydrogens (tertiary/aromatic N) is 4. The van der Waals surface area contributed by atoms with Gasteiger partial charge >= 0.3 is 0 Å². The van der Waals surface area contributed by atoms with E-state index in [-0.39, 0.29) is 12.0 Å². The largest absolute Gasteiger partial charge is 0.370 e. The van der Waals surface area contributed by atoms with E-state index in [2.05, 4.69) is 25.0 Å². The van der Waals surface area contributed by atoms with Crippen molar-refractivity contribution in [3.8, 4) is 0 Å². The van der Waals surface area contributed by atoms with Gasteiger partial charge in [0.25, 0.3) is 0 Å². The Morgan fingerprint density at radius 1 is 1.14 bits per heavy atom. The molecule has 3 heterocycles. The van der Waals surface area contributed by atoms with Gasteiger partial charge in [0.1, 0.15) is 0 Å². The zero-order chi connectivity index (χ0) is 19.2. The van der Waals surface area contributed by atoms with Crippen LogP contribution in [0.25, 0.3) is 0 Å². The summed E-state index contributed by atoms with van der Waals surface area (Å²) in [7, 11) is 0. The number of amides is 1. The van der Waals surface area contributed by atoms with E-state index in [1.54, 1.807) is 12.4 Å². The van der Waals surface area contributed by atoms with Gasteiger partial charge in [-0.05, 0) is 30.5 Å². The van der Waals surface area contributed by atoms with Crippen molar-refractivity contribution >= 4 is 5.91 Å². The molecular formula is C21H29N5O2. The third kappa shape index (κ3) is 4.97. The Hall–Kier alpha value is -2.25. The lowest BCUT2D eigenvalue weighted by Crippen LogP contribution is -2.45. The van der Waals surface area contributed by atoms with Crippen molar-refractivity contribution in [1.29, 1.82) is 0 Å². The molecule has 1 atom stereocenters. The number of ether oxygens (including phenoxy) is 1. The van der Waals surface area contributed by atoms with E-state index in [9.17, 15) is 4.79 Å². The second-order valence-corrected chi connectivity index (χ2v) is 7.88. The van der Waals surface area contributed by atoms with Crippen molar-refractivity contribution in [3.63, 3.8) is 0 Å². The van der Waals surface area contributed by atoms with Crippen molar-refractivity contribution in [3.05, 3.63) is 48.0 Å². The number of carbonyl (C=O) groups is 1. The summed E-state index contributed by atoms with van der Waals surface area (Å²) in [4.78, 5) is 21.5. The SMILES string of the molecule is O=C1CN(Cc2ccn[nH]2)CC(OCc2cccnc2)CN1C1CCCCC1. The standard InChI is InChI=1S/C21H29N5O2/c27-21-15-25(12-18-8-10-23-24-18)13-20(28-16-17-5-4-9-22-11-17)14-26(21)19-6-2-1-3-7-19/h4-5,8-11,19-20H,1-3,6-7,12-16H2,(H,23,24). The zero-order valence-electron chi connectivity index (χ0n) is 16.3. The molecule has 2 fully saturated rings. The van der Waals surface area contributed by atoms with Crippen LogP contribution < -0.4 is 0 Å². The van der Waals surface area contributed by atoms with E-state index < -0.39 is 0 Å². The number of aromatic nitrogens is 3. The molecule has 0 aromatic carbocycles. The Morgan fingerprint density at radius 3 is 2.79 bits per heavy atom. The summed E-state index contributed by atoms with van der Waals surface area (Å²) >= 11 is 0. The number of aromatic amines is 1. The first-order chi connectivity index (χ1) is 13.8. The molecule has 7 heteroatoms. The highest BCUT2D eigenvalue weighted by molar-refractivity contribution is 5.79. The van der Waals surface area contributed by atoms with Gasteiger partial charge in [-0.25, -0.2) is 0 Å². The quantitative estimate of drug-likeness (QED) is 0.829. The molecule has 1 saturated heterocycles. The van der Waals surface area contributed by atoms with Gasteiger partial charge < -0.3 is 9.64 Å². The molecule has 1 N–H and O–H groups in total. The molecule has 0 spiro atoms. The van der Waals surface area contributed by atoms with Crippen LogP contribution in [0.3, 0.4) is 0 Å². The highest BCUT2D eigenvalue weighted by atomic mass is 16.5. The number of hydrogen-bond acceptors (Lipinski definition) is 5. The van der Waals surface area contributed by atoms with E-state index in [4.69, 9.17) is 4.74 Å². The number of rotatable bonds is 6. The number of carbonyl (C=O) groups excluding carboxylic acids is 1. The van der Waals surface area contributed by atoms with Gasteiger partial charge in [0.05, 0.1) is 19.3 Å². The lowest BCUT2D eigenvalue weighted by molar-refractivity contribution is -0.135. The monoisotopic (exact) mass is 383 g/mol. The predicted octanol–water partition coefficient (Wildman–Crippen LogP) is 2.37. The van der Waals surface area contributed by atoms with Gasteiger partial charge in [-0.1, -0.05) is 25.3 Å². The molecule has 1 unspecified atom stereocenters. The van der Waals surface area contributed by atoms with Crippen molar-refractivity contribution in [2.75, 3.05) is 19.6 Å². The molecule has 0 bridgehead atoms. The Labute approximate surface area is 166 Å². The summed E-state index contributed by atoms with van der Waals surface area (Å²) in [6, 6.07) is 6.27. The molecule has 1 amide bonds. The first kappa shape index (κ1) is 19.1. The molecular weight excluding hydrogens is 354 g/mol. The van der Waals surface area contributed by atoms with Crippen molar-refractivity contribution in [2.24, 2.45) is 0 Å². The maximum absolute atomic E-state index is 13.1. The molecule has 7 nitrogen and oxygen atoms in total. The van der Waals surface area contributed by atoms with Crippen molar-refractivity contribution in [1.82, 2.24) is 25.0 Å². The molecule has 150 valence electrons. The van der Waals surface area contributed by atoms with Crippen molar-refractivity contribution < 1.29 is 9.53 Å². The third-order valence-electron chi connectivity index (χ3n) is 5.72. The lowest BCUT2D eigenvalue weighted by atomic mass is 9.94. The van der Waals surface area contributed by atoms with Gasteiger partial charge in [-0.3, -0.25) is 19.8 Å². The minimum absolute atomic E-state index is 0.0171. The number of nitrogens with one attached hydrogen (secondary N) is 1. The number of hydrogen-bond donors (Lipinski definition) is 1. The second-order valence-electron chi connectivity index (χ2n) is 7.88. The first-order valence-corrected chi connectivity index (χ1v) is 10.3. The summed E-state index contributed by atoms with van der Waals surface area (Å²) < 4.78 is 6.27. The van der Waals surface area contributed by atoms with Crippen LogP contribution in [0.15, 0.2) is 36.8 Å². The fourth-order valence-corrected chi connectivity index (χ4v) is 4.30. The maximum Gasteiger partial charge on any atom is 0.237 e. The Kier molecular flexibility index (Phi) is 6.34. The molecule has 1 aliphatic carbocycles. The summed E-state index contributed by atoms with van der Waals surface area (Å²) in [6.45, 7) is 3.03. The highest BCUT2D eigenvalue weighted by Gasteiger charge is 2.33. The van der Waals surface area contributed by atoms with Gasteiger partial charge in [-0.2, -0.15) is 5.10 Å². The molecule has 1 aliphatic heterocycles. The molecule has 28 heavy (non-hydrogen) atoms. The number of H-pyrrole nitrogens is 1. The van der Waals surface area contributed by atoms with Crippen LogP contribution in [0.1, 0.15) is 43.4 Å². The van der Waals surface area contributed by atoms with Crippen LogP contribution in [0.2, 0.25) is 0 Å². The fraction of sp³-hybridized carbons (Fsp3) is 0.571. The molecule has 0 radical (unpaired) electrons. The summed E-state index contributed by atoms with van der Waals surface area (Å²) in [5.41, 5.74) is 2.08. The Balaban J connectivity index is 1.46. The van der Waals surface area contributed by atoms with E-state index >= 15 is 0 Å². The smallest absolute Gasteiger partial charge is 0.237 e. The van der Waals surface area contributed by atoms with E-state index in [0.29, 0.717) is 32.3 Å². The van der Waals surface area contributed by atoms with Crippen molar-refractivity contribution in [2.45, 2.75) is 57.4 Å². The van der Waals surface area contributed by atoms with Crippen LogP contribution in [0, 0.1) is 0 Å². The topological polar surface area (TPSA) is 74.3 Å². The van der Waals surface area contributed by atoms with Crippen LogP contribution >= 0.6 is 0 Å². The minimum atomic E-state index is -0.0171. The highest BCUT2D eigenvalue weighted by Crippen LogP contribution is 2.25. The minimum Gasteiger partial charge on any atom is -0.370 e.